The zero-order valence-electron chi connectivity index (χ0n) is 10.5. The molecule has 18 heavy (non-hydrogen) atoms. The molecule has 0 bridgehead atoms. The molecule has 1 heterocycles. The van der Waals surface area contributed by atoms with E-state index in [4.69, 9.17) is 0 Å². The summed E-state index contributed by atoms with van der Waals surface area (Å²) >= 11 is 0. The van der Waals surface area contributed by atoms with Gasteiger partial charge in [0.05, 0.1) is 4.92 Å². The highest BCUT2D eigenvalue weighted by atomic mass is 16.6. The number of non-ortho nitro benzene ring substituents is 1. The Morgan fingerprint density at radius 1 is 1.44 bits per heavy atom. The SMILES string of the molecule is CC(C)CN1CCC(=O)c2cc([N+](=O)[O-])ccc21. The van der Waals surface area contributed by atoms with Gasteiger partial charge in [-0.25, -0.2) is 0 Å². The van der Waals surface area contributed by atoms with Gasteiger partial charge in [0, 0.05) is 42.9 Å². The number of Topliss-reactive ketones (excluding diaryl/α,β-unsaturated/α-hetero) is 1. The Morgan fingerprint density at radius 3 is 2.78 bits per heavy atom. The van der Waals surface area contributed by atoms with Gasteiger partial charge in [-0.15, -0.1) is 0 Å². The van der Waals surface area contributed by atoms with E-state index in [1.54, 1.807) is 6.07 Å². The van der Waals surface area contributed by atoms with Crippen LogP contribution in [-0.4, -0.2) is 23.8 Å². The standard InChI is InChI=1S/C13H16N2O3/c1-9(2)8-14-6-5-13(16)11-7-10(15(17)18)3-4-12(11)14/h3-4,7,9H,5-6,8H2,1-2H3. The Hall–Kier alpha value is -1.91. The number of fused-ring (bicyclic) bond motifs is 1. The number of nitro benzene ring substituents is 1. The second kappa shape index (κ2) is 4.76. The second-order valence-corrected chi connectivity index (χ2v) is 4.97. The summed E-state index contributed by atoms with van der Waals surface area (Å²) < 4.78 is 0. The predicted octanol–water partition coefficient (Wildman–Crippen LogP) is 2.64. The molecule has 0 amide bonds. The van der Waals surface area contributed by atoms with E-state index in [1.807, 2.05) is 0 Å². The van der Waals surface area contributed by atoms with Crippen molar-refractivity contribution in [3.05, 3.63) is 33.9 Å². The van der Waals surface area contributed by atoms with Gasteiger partial charge in [0.25, 0.3) is 5.69 Å². The van der Waals surface area contributed by atoms with Gasteiger partial charge in [0.2, 0.25) is 0 Å². The Morgan fingerprint density at radius 2 is 2.17 bits per heavy atom. The van der Waals surface area contributed by atoms with Crippen molar-refractivity contribution in [1.29, 1.82) is 0 Å². The summed E-state index contributed by atoms with van der Waals surface area (Å²) in [5.74, 6) is 0.481. The molecule has 1 aromatic rings. The van der Waals surface area contributed by atoms with Crippen molar-refractivity contribution in [2.24, 2.45) is 5.92 Å². The molecular formula is C13H16N2O3. The first-order chi connectivity index (χ1) is 8.49. The van der Waals surface area contributed by atoms with E-state index < -0.39 is 4.92 Å². The van der Waals surface area contributed by atoms with Gasteiger partial charge < -0.3 is 4.90 Å². The largest absolute Gasteiger partial charge is 0.370 e. The van der Waals surface area contributed by atoms with E-state index in [9.17, 15) is 14.9 Å². The van der Waals surface area contributed by atoms with E-state index in [0.29, 0.717) is 24.4 Å². The fourth-order valence-corrected chi connectivity index (χ4v) is 2.26. The lowest BCUT2D eigenvalue weighted by Crippen LogP contribution is -2.34. The maximum Gasteiger partial charge on any atom is 0.270 e. The van der Waals surface area contributed by atoms with Gasteiger partial charge in [0.1, 0.15) is 0 Å². The lowest BCUT2D eigenvalue weighted by molar-refractivity contribution is -0.384. The quantitative estimate of drug-likeness (QED) is 0.609. The van der Waals surface area contributed by atoms with Crippen LogP contribution in [0, 0.1) is 16.0 Å². The Labute approximate surface area is 106 Å². The molecule has 2 rings (SSSR count). The number of hydrogen-bond acceptors (Lipinski definition) is 4. The van der Waals surface area contributed by atoms with Crippen molar-refractivity contribution < 1.29 is 9.72 Å². The smallest absolute Gasteiger partial charge is 0.270 e. The molecule has 0 unspecified atom stereocenters. The molecule has 0 spiro atoms. The van der Waals surface area contributed by atoms with Crippen molar-refractivity contribution in [1.82, 2.24) is 0 Å². The molecule has 1 aliphatic heterocycles. The van der Waals surface area contributed by atoms with Crippen LogP contribution in [0.4, 0.5) is 11.4 Å². The first kappa shape index (κ1) is 12.5. The minimum Gasteiger partial charge on any atom is -0.370 e. The van der Waals surface area contributed by atoms with Gasteiger partial charge in [0.15, 0.2) is 5.78 Å². The maximum absolute atomic E-state index is 11.8. The molecule has 1 aromatic carbocycles. The summed E-state index contributed by atoms with van der Waals surface area (Å²) in [4.78, 5) is 24.2. The van der Waals surface area contributed by atoms with E-state index in [0.717, 1.165) is 12.2 Å². The summed E-state index contributed by atoms with van der Waals surface area (Å²) in [5, 5.41) is 10.7. The summed E-state index contributed by atoms with van der Waals surface area (Å²) in [6, 6.07) is 4.54. The fraction of sp³-hybridized carbons (Fsp3) is 0.462. The van der Waals surface area contributed by atoms with Crippen molar-refractivity contribution in [3.63, 3.8) is 0 Å². The highest BCUT2D eigenvalue weighted by Crippen LogP contribution is 2.30. The molecule has 0 aromatic heterocycles. The number of nitro groups is 1. The molecule has 0 radical (unpaired) electrons. The van der Waals surface area contributed by atoms with Gasteiger partial charge in [-0.3, -0.25) is 14.9 Å². The van der Waals surface area contributed by atoms with Gasteiger partial charge in [-0.1, -0.05) is 13.8 Å². The Balaban J connectivity index is 2.40. The third-order valence-corrected chi connectivity index (χ3v) is 3.03. The van der Waals surface area contributed by atoms with E-state index in [1.165, 1.54) is 12.1 Å². The molecular weight excluding hydrogens is 232 g/mol. The molecule has 0 saturated carbocycles. The number of carbonyl (C=O) groups excluding carboxylic acids is 1. The van der Waals surface area contributed by atoms with Crippen LogP contribution < -0.4 is 4.90 Å². The molecule has 5 nitrogen and oxygen atoms in total. The Kier molecular flexibility index (Phi) is 3.32. The van der Waals surface area contributed by atoms with Crippen LogP contribution in [0.3, 0.4) is 0 Å². The molecule has 96 valence electrons. The third-order valence-electron chi connectivity index (χ3n) is 3.03. The number of ketones is 1. The average molecular weight is 248 g/mol. The van der Waals surface area contributed by atoms with Crippen LogP contribution in [0.5, 0.6) is 0 Å². The van der Waals surface area contributed by atoms with E-state index in [-0.39, 0.29) is 11.5 Å². The number of benzene rings is 1. The molecule has 0 atom stereocenters. The zero-order valence-corrected chi connectivity index (χ0v) is 10.5. The maximum atomic E-state index is 11.8. The summed E-state index contributed by atoms with van der Waals surface area (Å²) in [7, 11) is 0. The normalized spacial score (nSPS) is 14.8. The summed E-state index contributed by atoms with van der Waals surface area (Å²) in [6.45, 7) is 5.78. The van der Waals surface area contributed by atoms with Crippen molar-refractivity contribution >= 4 is 17.2 Å². The number of carbonyl (C=O) groups is 1. The van der Waals surface area contributed by atoms with Gasteiger partial charge in [-0.2, -0.15) is 0 Å². The predicted molar refractivity (Wildman–Crippen MR) is 69.1 cm³/mol. The molecule has 0 N–H and O–H groups in total. The lowest BCUT2D eigenvalue weighted by atomic mass is 9.98. The summed E-state index contributed by atoms with van der Waals surface area (Å²) in [5.41, 5.74) is 1.29. The minimum atomic E-state index is -0.463. The van der Waals surface area contributed by atoms with Crippen LogP contribution in [-0.2, 0) is 0 Å². The molecule has 0 saturated heterocycles. The van der Waals surface area contributed by atoms with Crippen molar-refractivity contribution in [2.75, 3.05) is 18.0 Å². The number of nitrogens with zero attached hydrogens (tertiary/aromatic N) is 2. The zero-order chi connectivity index (χ0) is 13.3. The van der Waals surface area contributed by atoms with Gasteiger partial charge >= 0.3 is 0 Å². The highest BCUT2D eigenvalue weighted by molar-refractivity contribution is 6.03. The van der Waals surface area contributed by atoms with Crippen molar-refractivity contribution in [2.45, 2.75) is 20.3 Å². The van der Waals surface area contributed by atoms with Gasteiger partial charge in [-0.05, 0) is 12.0 Å². The number of hydrogen-bond donors (Lipinski definition) is 0. The second-order valence-electron chi connectivity index (χ2n) is 4.97. The van der Waals surface area contributed by atoms with E-state index in [2.05, 4.69) is 18.7 Å². The lowest BCUT2D eigenvalue weighted by Gasteiger charge is -2.31. The van der Waals surface area contributed by atoms with Crippen molar-refractivity contribution in [3.8, 4) is 0 Å². The molecule has 0 aliphatic carbocycles. The molecule has 1 aliphatic rings. The van der Waals surface area contributed by atoms with Crippen LogP contribution in [0.15, 0.2) is 18.2 Å². The average Bonchev–Trinajstić information content (AvgIpc) is 2.32. The number of rotatable bonds is 3. The first-order valence-electron chi connectivity index (χ1n) is 6.05. The van der Waals surface area contributed by atoms with Crippen LogP contribution in [0.1, 0.15) is 30.6 Å². The Bertz CT molecular complexity index is 497. The van der Waals surface area contributed by atoms with E-state index >= 15 is 0 Å². The number of anilines is 1. The molecule has 0 fully saturated rings. The van der Waals surface area contributed by atoms with Crippen LogP contribution >= 0.6 is 0 Å². The summed E-state index contributed by atoms with van der Waals surface area (Å²) in [6.07, 6.45) is 0.431. The fourth-order valence-electron chi connectivity index (χ4n) is 2.26. The first-order valence-corrected chi connectivity index (χ1v) is 6.05. The van der Waals surface area contributed by atoms with Crippen LogP contribution in [0.2, 0.25) is 0 Å². The topological polar surface area (TPSA) is 63.5 Å². The highest BCUT2D eigenvalue weighted by Gasteiger charge is 2.25. The molecule has 5 heteroatoms. The minimum absolute atomic E-state index is 0.00583. The monoisotopic (exact) mass is 248 g/mol. The third kappa shape index (κ3) is 2.34. The van der Waals surface area contributed by atoms with Crippen LogP contribution in [0.25, 0.3) is 0 Å².